The Labute approximate surface area is 180 Å². The van der Waals surface area contributed by atoms with E-state index < -0.39 is 6.36 Å². The van der Waals surface area contributed by atoms with Crippen LogP contribution in [0, 0.1) is 18.3 Å². The van der Waals surface area contributed by atoms with E-state index in [2.05, 4.69) is 21.1 Å². The smallest absolute Gasteiger partial charge is 0.406 e. The number of pyridine rings is 1. The van der Waals surface area contributed by atoms with Crippen molar-refractivity contribution in [2.45, 2.75) is 18.3 Å². The van der Waals surface area contributed by atoms with Crippen molar-refractivity contribution in [3.05, 3.63) is 71.8 Å². The lowest BCUT2D eigenvalue weighted by Gasteiger charge is -2.11. The summed E-state index contributed by atoms with van der Waals surface area (Å²) >= 11 is 1.11. The zero-order valence-electron chi connectivity index (χ0n) is 16.2. The number of rotatable bonds is 6. The van der Waals surface area contributed by atoms with E-state index in [-0.39, 0.29) is 17.4 Å². The summed E-state index contributed by atoms with van der Waals surface area (Å²) < 4.78 is 40.4. The predicted molar refractivity (Wildman–Crippen MR) is 112 cm³/mol. The maximum absolute atomic E-state index is 12.3. The number of nitriles is 1. The first-order valence-corrected chi connectivity index (χ1v) is 9.99. The van der Waals surface area contributed by atoms with Crippen LogP contribution in [0.4, 0.5) is 18.9 Å². The van der Waals surface area contributed by atoms with Gasteiger partial charge in [-0.1, -0.05) is 42.1 Å². The van der Waals surface area contributed by atoms with Gasteiger partial charge in [0.25, 0.3) is 0 Å². The minimum absolute atomic E-state index is 0.0280. The minimum atomic E-state index is -4.78. The van der Waals surface area contributed by atoms with Gasteiger partial charge in [-0.05, 0) is 42.8 Å². The summed E-state index contributed by atoms with van der Waals surface area (Å²) in [6.07, 6.45) is -4.78. The molecule has 0 unspecified atom stereocenters. The summed E-state index contributed by atoms with van der Waals surface area (Å²) in [4.78, 5) is 16.8. The number of nitrogens with one attached hydrogen (secondary N) is 1. The fraction of sp³-hybridized carbons (Fsp3) is 0.136. The fourth-order valence-corrected chi connectivity index (χ4v) is 3.50. The molecule has 1 aromatic heterocycles. The number of amides is 1. The Morgan fingerprint density at radius 3 is 2.45 bits per heavy atom. The Kier molecular flexibility index (Phi) is 6.82. The number of ether oxygens (including phenoxy) is 1. The van der Waals surface area contributed by atoms with E-state index in [4.69, 9.17) is 0 Å². The molecule has 0 aliphatic rings. The highest BCUT2D eigenvalue weighted by Gasteiger charge is 2.30. The van der Waals surface area contributed by atoms with Crippen molar-refractivity contribution >= 4 is 23.4 Å². The molecule has 0 bridgehead atoms. The molecule has 0 aliphatic heterocycles. The Bertz CT molecular complexity index is 1110. The van der Waals surface area contributed by atoms with Crippen molar-refractivity contribution in [2.24, 2.45) is 0 Å². The van der Waals surface area contributed by atoms with Gasteiger partial charge in [-0.25, -0.2) is 4.98 Å². The van der Waals surface area contributed by atoms with E-state index in [0.29, 0.717) is 16.3 Å². The summed E-state index contributed by atoms with van der Waals surface area (Å²) in [6.45, 7) is 1.86. The van der Waals surface area contributed by atoms with Crippen LogP contribution in [0.15, 0.2) is 65.7 Å². The molecule has 0 aliphatic carbocycles. The number of carbonyl (C=O) groups is 1. The molecule has 3 aromatic rings. The molecule has 1 N–H and O–H groups in total. The Hall–Kier alpha value is -3.51. The number of aryl methyl sites for hydroxylation is 1. The maximum atomic E-state index is 12.3. The zero-order valence-corrected chi connectivity index (χ0v) is 17.1. The predicted octanol–water partition coefficient (Wildman–Crippen LogP) is 5.56. The third kappa shape index (κ3) is 6.23. The van der Waals surface area contributed by atoms with E-state index >= 15 is 0 Å². The normalized spacial score (nSPS) is 10.9. The second kappa shape index (κ2) is 9.53. The van der Waals surface area contributed by atoms with Gasteiger partial charge in [0.05, 0.1) is 17.0 Å². The van der Waals surface area contributed by atoms with E-state index in [9.17, 15) is 23.2 Å². The van der Waals surface area contributed by atoms with Crippen LogP contribution in [0.2, 0.25) is 0 Å². The monoisotopic (exact) mass is 443 g/mol. The summed E-state index contributed by atoms with van der Waals surface area (Å²) in [5, 5.41) is 12.4. The fourth-order valence-electron chi connectivity index (χ4n) is 2.75. The topological polar surface area (TPSA) is 75.0 Å². The molecule has 9 heteroatoms. The second-order valence-electron chi connectivity index (χ2n) is 6.39. The molecule has 0 saturated carbocycles. The highest BCUT2D eigenvalue weighted by molar-refractivity contribution is 8.00. The summed E-state index contributed by atoms with van der Waals surface area (Å²) in [7, 11) is 0. The van der Waals surface area contributed by atoms with Crippen molar-refractivity contribution < 1.29 is 22.7 Å². The number of thioether (sulfide) groups is 1. The Balaban J connectivity index is 1.68. The van der Waals surface area contributed by atoms with Crippen molar-refractivity contribution in [1.29, 1.82) is 5.26 Å². The number of alkyl halides is 3. The van der Waals surface area contributed by atoms with Gasteiger partial charge < -0.3 is 10.1 Å². The van der Waals surface area contributed by atoms with Crippen molar-refractivity contribution in [3.63, 3.8) is 0 Å². The number of anilines is 1. The molecule has 0 saturated heterocycles. The van der Waals surface area contributed by atoms with Crippen LogP contribution in [0.25, 0.3) is 11.3 Å². The Morgan fingerprint density at radius 1 is 1.16 bits per heavy atom. The first-order valence-electron chi connectivity index (χ1n) is 9.01. The first-order chi connectivity index (χ1) is 14.7. The molecule has 0 radical (unpaired) electrons. The van der Waals surface area contributed by atoms with E-state index in [1.54, 1.807) is 6.07 Å². The minimum Gasteiger partial charge on any atom is -0.406 e. The van der Waals surface area contributed by atoms with E-state index in [1.165, 1.54) is 12.1 Å². The molecule has 0 spiro atoms. The SMILES string of the molecule is Cc1cc(C#N)c(SCC(=O)Nc2ccc(OC(F)(F)F)cc2)nc1-c1ccccc1. The van der Waals surface area contributed by atoms with Crippen molar-refractivity contribution in [2.75, 3.05) is 11.1 Å². The highest BCUT2D eigenvalue weighted by Crippen LogP contribution is 2.29. The van der Waals surface area contributed by atoms with Gasteiger partial charge in [0.2, 0.25) is 5.91 Å². The largest absolute Gasteiger partial charge is 0.573 e. The van der Waals surface area contributed by atoms with Crippen LogP contribution >= 0.6 is 11.8 Å². The first kappa shape index (κ1) is 22.2. The maximum Gasteiger partial charge on any atom is 0.573 e. The van der Waals surface area contributed by atoms with E-state index in [0.717, 1.165) is 40.7 Å². The highest BCUT2D eigenvalue weighted by atomic mass is 32.2. The van der Waals surface area contributed by atoms with Crippen LogP contribution in [-0.2, 0) is 4.79 Å². The average Bonchev–Trinajstić information content (AvgIpc) is 2.73. The Morgan fingerprint density at radius 2 is 1.84 bits per heavy atom. The molecular formula is C22H16F3N3O2S. The quantitative estimate of drug-likeness (QED) is 0.505. The van der Waals surface area contributed by atoms with Gasteiger partial charge >= 0.3 is 6.36 Å². The van der Waals surface area contributed by atoms with E-state index in [1.807, 2.05) is 37.3 Å². The van der Waals surface area contributed by atoms with Crippen LogP contribution in [0.3, 0.4) is 0 Å². The number of carbonyl (C=O) groups excluding carboxylic acids is 1. The van der Waals surface area contributed by atoms with Gasteiger partial charge in [0.1, 0.15) is 16.8 Å². The van der Waals surface area contributed by atoms with Gasteiger partial charge in [-0.2, -0.15) is 5.26 Å². The van der Waals surface area contributed by atoms with Crippen LogP contribution in [0.5, 0.6) is 5.75 Å². The molecule has 0 atom stereocenters. The molecule has 1 amide bonds. The third-order valence-electron chi connectivity index (χ3n) is 4.06. The van der Waals surface area contributed by atoms with Crippen LogP contribution in [-0.4, -0.2) is 23.0 Å². The van der Waals surface area contributed by atoms with Crippen LogP contribution < -0.4 is 10.1 Å². The average molecular weight is 443 g/mol. The molecule has 0 fully saturated rings. The molecular weight excluding hydrogens is 427 g/mol. The molecule has 3 rings (SSSR count). The summed E-state index contributed by atoms with van der Waals surface area (Å²) in [5.41, 5.74) is 3.16. The standard InChI is InChI=1S/C22H16F3N3O2S/c1-14-11-16(12-26)21(28-20(14)15-5-3-2-4-6-15)31-13-19(29)27-17-7-9-18(10-8-17)30-22(23,24)25/h2-11H,13H2,1H3,(H,27,29). The van der Waals surface area contributed by atoms with Gasteiger partial charge in [-0.15, -0.1) is 13.2 Å². The third-order valence-corrected chi connectivity index (χ3v) is 5.05. The number of hydrogen-bond acceptors (Lipinski definition) is 5. The molecule has 31 heavy (non-hydrogen) atoms. The molecule has 1 heterocycles. The zero-order chi connectivity index (χ0) is 22.4. The molecule has 5 nitrogen and oxygen atoms in total. The number of halogens is 3. The summed E-state index contributed by atoms with van der Waals surface area (Å²) in [5.74, 6) is -0.794. The van der Waals surface area contributed by atoms with Crippen LogP contribution in [0.1, 0.15) is 11.1 Å². The lowest BCUT2D eigenvalue weighted by molar-refractivity contribution is -0.274. The lowest BCUT2D eigenvalue weighted by atomic mass is 10.1. The number of aromatic nitrogens is 1. The van der Waals surface area contributed by atoms with Crippen molar-refractivity contribution in [1.82, 2.24) is 4.98 Å². The van der Waals surface area contributed by atoms with Gasteiger partial charge in [0, 0.05) is 11.3 Å². The summed E-state index contributed by atoms with van der Waals surface area (Å²) in [6, 6.07) is 18.1. The lowest BCUT2D eigenvalue weighted by Crippen LogP contribution is -2.17. The van der Waals surface area contributed by atoms with Gasteiger partial charge in [-0.3, -0.25) is 4.79 Å². The number of hydrogen-bond donors (Lipinski definition) is 1. The van der Waals surface area contributed by atoms with Crippen molar-refractivity contribution in [3.8, 4) is 23.1 Å². The second-order valence-corrected chi connectivity index (χ2v) is 7.36. The number of benzene rings is 2. The number of nitrogens with zero attached hydrogens (tertiary/aromatic N) is 2. The van der Waals surface area contributed by atoms with Gasteiger partial charge in [0.15, 0.2) is 0 Å². The molecule has 2 aromatic carbocycles. The molecule has 158 valence electrons.